The van der Waals surface area contributed by atoms with Crippen molar-refractivity contribution in [2.45, 2.75) is 26.4 Å². The molecule has 0 fully saturated rings. The summed E-state index contributed by atoms with van der Waals surface area (Å²) < 4.78 is 5.91. The van der Waals surface area contributed by atoms with Gasteiger partial charge in [0.05, 0.1) is 0 Å². The second-order valence-corrected chi connectivity index (χ2v) is 6.78. The molecule has 2 amide bonds. The van der Waals surface area contributed by atoms with Crippen LogP contribution in [-0.4, -0.2) is 30.4 Å². The minimum Gasteiger partial charge on any atom is -0.451 e. The van der Waals surface area contributed by atoms with Crippen molar-refractivity contribution in [1.29, 1.82) is 0 Å². The summed E-state index contributed by atoms with van der Waals surface area (Å²) in [6, 6.07) is 14.1. The lowest BCUT2D eigenvalue weighted by molar-refractivity contribution is -0.152. The van der Waals surface area contributed by atoms with Gasteiger partial charge >= 0.3 is 5.97 Å². The van der Waals surface area contributed by atoms with E-state index < -0.39 is 23.9 Å². The molecule has 0 heterocycles. The Labute approximate surface area is 166 Å². The molecule has 0 bridgehead atoms. The third-order valence-electron chi connectivity index (χ3n) is 3.81. The van der Waals surface area contributed by atoms with Crippen molar-refractivity contribution < 1.29 is 19.1 Å². The highest BCUT2D eigenvalue weighted by molar-refractivity contribution is 9.10. The van der Waals surface area contributed by atoms with E-state index in [9.17, 15) is 14.4 Å². The Bertz CT molecular complexity index is 804. The van der Waals surface area contributed by atoms with E-state index in [2.05, 4.69) is 26.6 Å². The van der Waals surface area contributed by atoms with Crippen LogP contribution in [0.5, 0.6) is 0 Å². The minimum atomic E-state index is -0.979. The molecular formula is C20H21BrN2O4. The summed E-state index contributed by atoms with van der Waals surface area (Å²) in [5, 5.41) is 5.15. The molecule has 1 unspecified atom stereocenters. The topological polar surface area (TPSA) is 84.5 Å². The molecule has 2 rings (SSSR count). The van der Waals surface area contributed by atoms with Crippen molar-refractivity contribution in [2.75, 3.05) is 11.9 Å². The highest BCUT2D eigenvalue weighted by Gasteiger charge is 2.18. The van der Waals surface area contributed by atoms with Crippen LogP contribution in [0.15, 0.2) is 53.0 Å². The highest BCUT2D eigenvalue weighted by Crippen LogP contribution is 2.11. The van der Waals surface area contributed by atoms with Gasteiger partial charge < -0.3 is 15.4 Å². The Kier molecular flexibility index (Phi) is 7.55. The molecule has 0 aliphatic carbocycles. The van der Waals surface area contributed by atoms with Crippen molar-refractivity contribution >= 4 is 39.4 Å². The Morgan fingerprint density at radius 1 is 1.04 bits per heavy atom. The summed E-state index contributed by atoms with van der Waals surface area (Å²) in [4.78, 5) is 35.9. The van der Waals surface area contributed by atoms with E-state index in [-0.39, 0.29) is 6.54 Å². The molecule has 0 aliphatic rings. The first-order valence-electron chi connectivity index (χ1n) is 8.52. The first kappa shape index (κ1) is 20.6. The van der Waals surface area contributed by atoms with Crippen molar-refractivity contribution in [3.05, 3.63) is 64.1 Å². The zero-order valence-electron chi connectivity index (χ0n) is 15.1. The number of benzene rings is 2. The average molecular weight is 433 g/mol. The van der Waals surface area contributed by atoms with Crippen LogP contribution < -0.4 is 10.6 Å². The number of esters is 1. The van der Waals surface area contributed by atoms with Crippen LogP contribution in [0, 0.1) is 0 Å². The Balaban J connectivity index is 1.78. The lowest BCUT2D eigenvalue weighted by Crippen LogP contribution is -2.35. The molecule has 1 atom stereocenters. The van der Waals surface area contributed by atoms with Crippen LogP contribution >= 0.6 is 15.9 Å². The number of amides is 2. The number of hydrogen-bond donors (Lipinski definition) is 2. The number of carbonyl (C=O) groups excluding carboxylic acids is 3. The van der Waals surface area contributed by atoms with Gasteiger partial charge in [0.25, 0.3) is 11.8 Å². The van der Waals surface area contributed by atoms with Gasteiger partial charge in [-0.25, -0.2) is 0 Å². The van der Waals surface area contributed by atoms with E-state index in [0.29, 0.717) is 11.3 Å². The summed E-state index contributed by atoms with van der Waals surface area (Å²) in [5.74, 6) is -1.52. The molecule has 7 heteroatoms. The summed E-state index contributed by atoms with van der Waals surface area (Å²) in [6.45, 7) is 3.20. The monoisotopic (exact) mass is 432 g/mol. The van der Waals surface area contributed by atoms with Gasteiger partial charge in [-0.05, 0) is 55.3 Å². The molecule has 27 heavy (non-hydrogen) atoms. The van der Waals surface area contributed by atoms with E-state index in [1.165, 1.54) is 6.92 Å². The predicted octanol–water partition coefficient (Wildman–Crippen LogP) is 3.31. The van der Waals surface area contributed by atoms with E-state index in [1.807, 2.05) is 19.1 Å². The number of anilines is 1. The summed E-state index contributed by atoms with van der Waals surface area (Å²) in [6.07, 6.45) is -0.0678. The highest BCUT2D eigenvalue weighted by atomic mass is 79.9. The standard InChI is InChI=1S/C20H21BrN2O4/c1-3-14-4-10-17(11-5-14)23-19(25)13(2)27-18(24)12-22-20(26)15-6-8-16(21)9-7-15/h4-11,13H,3,12H2,1-2H3,(H,22,26)(H,23,25). The molecule has 142 valence electrons. The van der Waals surface area contributed by atoms with Crippen molar-refractivity contribution in [3.8, 4) is 0 Å². The zero-order chi connectivity index (χ0) is 19.8. The largest absolute Gasteiger partial charge is 0.451 e. The molecule has 0 spiro atoms. The quantitative estimate of drug-likeness (QED) is 0.657. The SMILES string of the molecule is CCc1ccc(NC(=O)C(C)OC(=O)CNC(=O)c2ccc(Br)cc2)cc1. The number of rotatable bonds is 7. The number of halogens is 1. The third-order valence-corrected chi connectivity index (χ3v) is 4.34. The fourth-order valence-corrected chi connectivity index (χ4v) is 2.48. The summed E-state index contributed by atoms with van der Waals surface area (Å²) in [7, 11) is 0. The average Bonchev–Trinajstić information content (AvgIpc) is 2.67. The first-order chi connectivity index (χ1) is 12.9. The van der Waals surface area contributed by atoms with Crippen LogP contribution in [0.1, 0.15) is 29.8 Å². The maximum Gasteiger partial charge on any atom is 0.326 e. The molecule has 0 saturated carbocycles. The van der Waals surface area contributed by atoms with Crippen molar-refractivity contribution in [2.24, 2.45) is 0 Å². The van der Waals surface area contributed by atoms with Crippen molar-refractivity contribution in [1.82, 2.24) is 5.32 Å². The van der Waals surface area contributed by atoms with Crippen LogP contribution in [0.4, 0.5) is 5.69 Å². The van der Waals surface area contributed by atoms with Gasteiger partial charge in [0.2, 0.25) is 0 Å². The second kappa shape index (κ2) is 9.87. The van der Waals surface area contributed by atoms with Gasteiger partial charge in [0.1, 0.15) is 6.54 Å². The first-order valence-corrected chi connectivity index (χ1v) is 9.31. The second-order valence-electron chi connectivity index (χ2n) is 5.86. The minimum absolute atomic E-state index is 0.322. The van der Waals surface area contributed by atoms with Gasteiger partial charge in [0.15, 0.2) is 6.10 Å². The molecule has 2 aromatic rings. The van der Waals surface area contributed by atoms with Gasteiger partial charge in [-0.3, -0.25) is 14.4 Å². The Morgan fingerprint density at radius 3 is 2.26 bits per heavy atom. The Hall–Kier alpha value is -2.67. The molecule has 0 aliphatic heterocycles. The van der Waals surface area contributed by atoms with Gasteiger partial charge in [-0.15, -0.1) is 0 Å². The number of aryl methyl sites for hydroxylation is 1. The molecule has 0 saturated heterocycles. The summed E-state index contributed by atoms with van der Waals surface area (Å²) in [5.41, 5.74) is 2.21. The third kappa shape index (κ3) is 6.53. The molecule has 0 radical (unpaired) electrons. The van der Waals surface area contributed by atoms with Gasteiger partial charge in [-0.2, -0.15) is 0 Å². The zero-order valence-corrected chi connectivity index (χ0v) is 16.7. The molecule has 6 nitrogen and oxygen atoms in total. The van der Waals surface area contributed by atoms with E-state index in [0.717, 1.165) is 16.5 Å². The number of nitrogens with one attached hydrogen (secondary N) is 2. The molecule has 0 aromatic heterocycles. The van der Waals surface area contributed by atoms with E-state index in [1.54, 1.807) is 36.4 Å². The Morgan fingerprint density at radius 2 is 1.67 bits per heavy atom. The van der Waals surface area contributed by atoms with E-state index in [4.69, 9.17) is 4.74 Å². The van der Waals surface area contributed by atoms with Crippen LogP contribution in [0.3, 0.4) is 0 Å². The predicted molar refractivity (Wildman–Crippen MR) is 106 cm³/mol. The fraction of sp³-hybridized carbons (Fsp3) is 0.250. The van der Waals surface area contributed by atoms with E-state index >= 15 is 0 Å². The lowest BCUT2D eigenvalue weighted by Gasteiger charge is -2.14. The van der Waals surface area contributed by atoms with Gasteiger partial charge in [-0.1, -0.05) is 35.0 Å². The number of hydrogen-bond acceptors (Lipinski definition) is 4. The van der Waals surface area contributed by atoms with Gasteiger partial charge in [0, 0.05) is 15.7 Å². The van der Waals surface area contributed by atoms with Crippen molar-refractivity contribution in [3.63, 3.8) is 0 Å². The van der Waals surface area contributed by atoms with Crippen LogP contribution in [0.25, 0.3) is 0 Å². The smallest absolute Gasteiger partial charge is 0.326 e. The maximum atomic E-state index is 12.1. The molecular weight excluding hydrogens is 412 g/mol. The van der Waals surface area contributed by atoms with Crippen LogP contribution in [-0.2, 0) is 20.7 Å². The number of carbonyl (C=O) groups is 3. The lowest BCUT2D eigenvalue weighted by atomic mass is 10.1. The van der Waals surface area contributed by atoms with Crippen LogP contribution in [0.2, 0.25) is 0 Å². The number of ether oxygens (including phenoxy) is 1. The normalized spacial score (nSPS) is 11.4. The molecule has 2 N–H and O–H groups in total. The summed E-state index contributed by atoms with van der Waals surface area (Å²) >= 11 is 3.28. The maximum absolute atomic E-state index is 12.1. The fourth-order valence-electron chi connectivity index (χ4n) is 2.22. The molecule has 2 aromatic carbocycles.